The quantitative estimate of drug-likeness (QED) is 0.800. The third kappa shape index (κ3) is 1.23. The average molecular weight is 338 g/mol. The summed E-state index contributed by atoms with van der Waals surface area (Å²) < 4.78 is 5.32. The summed E-state index contributed by atoms with van der Waals surface area (Å²) in [4.78, 5) is 15.7. The Bertz CT molecular complexity index is 794. The molecular formula is C21H26N2O2. The second-order valence-electron chi connectivity index (χ2n) is 9.04. The van der Waals surface area contributed by atoms with E-state index in [1.165, 1.54) is 43.6 Å². The minimum Gasteiger partial charge on any atom is -0.469 e. The van der Waals surface area contributed by atoms with E-state index in [0.29, 0.717) is 12.0 Å². The van der Waals surface area contributed by atoms with Crippen molar-refractivity contribution in [2.24, 2.45) is 17.3 Å². The zero-order chi connectivity index (χ0) is 17.0. The van der Waals surface area contributed by atoms with Gasteiger partial charge < -0.3 is 10.1 Å². The van der Waals surface area contributed by atoms with Crippen molar-refractivity contribution < 1.29 is 9.53 Å². The Hall–Kier alpha value is -1.55. The average Bonchev–Trinajstić information content (AvgIpc) is 3.29. The number of esters is 1. The molecular weight excluding hydrogens is 312 g/mol. The predicted molar refractivity (Wildman–Crippen MR) is 95.4 cm³/mol. The van der Waals surface area contributed by atoms with Crippen LogP contribution in [0.3, 0.4) is 0 Å². The van der Waals surface area contributed by atoms with Gasteiger partial charge >= 0.3 is 5.97 Å². The first-order chi connectivity index (χ1) is 12.1. The van der Waals surface area contributed by atoms with Crippen molar-refractivity contribution in [3.63, 3.8) is 0 Å². The number of piperidine rings is 1. The van der Waals surface area contributed by atoms with E-state index in [2.05, 4.69) is 41.4 Å². The van der Waals surface area contributed by atoms with Gasteiger partial charge in [-0.15, -0.1) is 0 Å². The Labute approximate surface area is 148 Å². The molecule has 6 atom stereocenters. The SMILES string of the molecule is COC(=O)[C@@H]1C[C@@]23CCCN4CC[C@@]5(c6ccccc6N[C@@]15[C@@H]2C)[C@@H]43. The van der Waals surface area contributed by atoms with Gasteiger partial charge in [0.15, 0.2) is 0 Å². The lowest BCUT2D eigenvalue weighted by molar-refractivity contribution is -0.150. The third-order valence-electron chi connectivity index (χ3n) is 8.91. The van der Waals surface area contributed by atoms with Crippen molar-refractivity contribution in [1.82, 2.24) is 4.90 Å². The highest BCUT2D eigenvalue weighted by molar-refractivity contribution is 5.82. The lowest BCUT2D eigenvalue weighted by Gasteiger charge is -2.52. The van der Waals surface area contributed by atoms with Crippen LogP contribution in [0, 0.1) is 17.3 Å². The molecule has 4 fully saturated rings. The summed E-state index contributed by atoms with van der Waals surface area (Å²) in [6.07, 6.45) is 4.69. The van der Waals surface area contributed by atoms with E-state index >= 15 is 0 Å². The molecule has 132 valence electrons. The fourth-order valence-electron chi connectivity index (χ4n) is 8.44. The fraction of sp³-hybridized carbons (Fsp3) is 0.667. The van der Waals surface area contributed by atoms with Crippen molar-refractivity contribution in [3.8, 4) is 0 Å². The van der Waals surface area contributed by atoms with Crippen LogP contribution in [0.5, 0.6) is 0 Å². The summed E-state index contributed by atoms with van der Waals surface area (Å²) in [5, 5.41) is 3.96. The zero-order valence-corrected chi connectivity index (χ0v) is 15.0. The molecule has 25 heavy (non-hydrogen) atoms. The summed E-state index contributed by atoms with van der Waals surface area (Å²) in [5.41, 5.74) is 2.88. The highest BCUT2D eigenvalue weighted by atomic mass is 16.5. The Morgan fingerprint density at radius 2 is 2.12 bits per heavy atom. The van der Waals surface area contributed by atoms with Crippen LogP contribution in [0.2, 0.25) is 0 Å². The molecule has 5 aliphatic rings. The van der Waals surface area contributed by atoms with Crippen LogP contribution in [-0.2, 0) is 14.9 Å². The van der Waals surface area contributed by atoms with Crippen LogP contribution >= 0.6 is 0 Å². The summed E-state index contributed by atoms with van der Waals surface area (Å²) in [6.45, 7) is 4.82. The first-order valence-corrected chi connectivity index (χ1v) is 9.81. The van der Waals surface area contributed by atoms with Crippen molar-refractivity contribution in [1.29, 1.82) is 0 Å². The van der Waals surface area contributed by atoms with Gasteiger partial charge in [-0.2, -0.15) is 0 Å². The third-order valence-corrected chi connectivity index (χ3v) is 8.91. The number of carbonyl (C=O) groups excluding carboxylic acids is 1. The number of ether oxygens (including phenoxy) is 1. The Kier molecular flexibility index (Phi) is 2.47. The summed E-state index contributed by atoms with van der Waals surface area (Å²) in [6, 6.07) is 9.42. The molecule has 3 heterocycles. The molecule has 0 amide bonds. The minimum absolute atomic E-state index is 0.00844. The van der Waals surface area contributed by atoms with Gasteiger partial charge in [0.2, 0.25) is 0 Å². The van der Waals surface area contributed by atoms with Gasteiger partial charge in [-0.1, -0.05) is 25.1 Å². The highest BCUT2D eigenvalue weighted by Crippen LogP contribution is 2.79. The number of nitrogens with zero attached hydrogens (tertiary/aromatic N) is 1. The van der Waals surface area contributed by atoms with Crippen molar-refractivity contribution in [2.75, 3.05) is 25.5 Å². The molecule has 2 saturated carbocycles. The molecule has 3 spiro atoms. The number of nitrogens with one attached hydrogen (secondary N) is 1. The van der Waals surface area contributed by atoms with Gasteiger partial charge in [-0.3, -0.25) is 9.69 Å². The van der Waals surface area contributed by atoms with Crippen LogP contribution in [0.1, 0.15) is 38.2 Å². The monoisotopic (exact) mass is 338 g/mol. The summed E-state index contributed by atoms with van der Waals surface area (Å²) in [5.74, 6) is 0.449. The minimum atomic E-state index is -0.173. The zero-order valence-electron chi connectivity index (χ0n) is 15.0. The molecule has 1 aromatic rings. The first kappa shape index (κ1) is 14.6. The van der Waals surface area contributed by atoms with Gasteiger partial charge in [0, 0.05) is 17.1 Å². The second-order valence-corrected chi connectivity index (χ2v) is 9.04. The van der Waals surface area contributed by atoms with Gasteiger partial charge in [0.05, 0.1) is 18.6 Å². The topological polar surface area (TPSA) is 41.6 Å². The molecule has 1 aromatic carbocycles. The number of hydrogen-bond acceptors (Lipinski definition) is 4. The lowest BCUT2D eigenvalue weighted by atomic mass is 9.56. The molecule has 4 nitrogen and oxygen atoms in total. The standard InChI is InChI=1S/C21H26N2O2/c1-13-19-8-5-10-23-11-9-20(18(19)23)14-6-3-4-7-16(14)22-21(13,20)15(12-19)17(24)25-2/h3-4,6-7,13,15,18,22H,5,8-12H2,1-2H3/t13-,15+,18+,19+,20-,21+/m1/s1. The largest absolute Gasteiger partial charge is 0.469 e. The summed E-state index contributed by atoms with van der Waals surface area (Å²) in [7, 11) is 1.56. The van der Waals surface area contributed by atoms with E-state index in [-0.39, 0.29) is 28.3 Å². The van der Waals surface area contributed by atoms with Crippen LogP contribution < -0.4 is 5.32 Å². The van der Waals surface area contributed by atoms with Gasteiger partial charge in [-0.25, -0.2) is 0 Å². The molecule has 3 aliphatic heterocycles. The van der Waals surface area contributed by atoms with E-state index in [1.807, 2.05) is 0 Å². The van der Waals surface area contributed by atoms with Crippen LogP contribution in [0.4, 0.5) is 5.69 Å². The molecule has 4 heteroatoms. The normalized spacial score (nSPS) is 48.6. The van der Waals surface area contributed by atoms with E-state index < -0.39 is 0 Å². The number of carbonyl (C=O) groups is 1. The van der Waals surface area contributed by atoms with E-state index in [0.717, 1.165) is 6.42 Å². The smallest absolute Gasteiger partial charge is 0.311 e. The molecule has 6 rings (SSSR count). The van der Waals surface area contributed by atoms with Crippen LogP contribution in [0.25, 0.3) is 0 Å². The highest BCUT2D eigenvalue weighted by Gasteiger charge is 2.86. The number of benzene rings is 1. The molecule has 2 saturated heterocycles. The first-order valence-electron chi connectivity index (χ1n) is 9.81. The number of para-hydroxylation sites is 1. The van der Waals surface area contributed by atoms with Gasteiger partial charge in [0.25, 0.3) is 0 Å². The van der Waals surface area contributed by atoms with Crippen molar-refractivity contribution in [2.45, 2.75) is 49.6 Å². The number of rotatable bonds is 1. The second kappa shape index (κ2) is 4.22. The lowest BCUT2D eigenvalue weighted by Crippen LogP contribution is -2.63. The maximum Gasteiger partial charge on any atom is 0.311 e. The molecule has 2 bridgehead atoms. The Morgan fingerprint density at radius 1 is 1.28 bits per heavy atom. The van der Waals surface area contributed by atoms with E-state index in [1.54, 1.807) is 7.11 Å². The summed E-state index contributed by atoms with van der Waals surface area (Å²) >= 11 is 0. The van der Waals surface area contributed by atoms with Crippen molar-refractivity contribution in [3.05, 3.63) is 29.8 Å². The predicted octanol–water partition coefficient (Wildman–Crippen LogP) is 2.79. The Balaban J connectivity index is 1.67. The van der Waals surface area contributed by atoms with E-state index in [4.69, 9.17) is 4.74 Å². The number of anilines is 1. The molecule has 2 aliphatic carbocycles. The van der Waals surface area contributed by atoms with Gasteiger partial charge in [0.1, 0.15) is 0 Å². The van der Waals surface area contributed by atoms with Gasteiger partial charge in [-0.05, 0) is 61.7 Å². The fourth-order valence-corrected chi connectivity index (χ4v) is 8.44. The maximum absolute atomic E-state index is 12.9. The van der Waals surface area contributed by atoms with Crippen LogP contribution in [-0.4, -0.2) is 42.6 Å². The molecule has 0 unspecified atom stereocenters. The molecule has 0 aromatic heterocycles. The number of methoxy groups -OCH3 is 1. The molecule has 1 N–H and O–H groups in total. The van der Waals surface area contributed by atoms with E-state index in [9.17, 15) is 4.79 Å². The number of hydrogen-bond donors (Lipinski definition) is 1. The maximum atomic E-state index is 12.9. The number of fused-ring (bicyclic) bond motifs is 1. The Morgan fingerprint density at radius 3 is 2.96 bits per heavy atom. The molecule has 0 radical (unpaired) electrons. The van der Waals surface area contributed by atoms with Crippen molar-refractivity contribution >= 4 is 11.7 Å². The van der Waals surface area contributed by atoms with Crippen LogP contribution in [0.15, 0.2) is 24.3 Å².